The van der Waals surface area contributed by atoms with E-state index < -0.39 is 23.7 Å². The van der Waals surface area contributed by atoms with Gasteiger partial charge in [-0.15, -0.1) is 0 Å². The standard InChI is InChI=1S/C32H34F3N7O5/c1-5-46-27-14-22(16-39-30(27)47-19-20-6-8-26(45-4)9-7-20)28-37-17-25(18-38-28)41-31(44)40-24-13-21(12-23(15-24)32(33,34)35)29(43)36-10-11-42(2)3/h6-9,12-18H,5,10-11,19H2,1-4H3,(H,36,43)(H2,40,41,44). The van der Waals surface area contributed by atoms with E-state index in [-0.39, 0.29) is 41.8 Å². The average molecular weight is 654 g/mol. The molecule has 2 heterocycles. The van der Waals surface area contributed by atoms with Crippen LogP contribution in [0.15, 0.2) is 67.1 Å². The van der Waals surface area contributed by atoms with E-state index in [9.17, 15) is 22.8 Å². The number of methoxy groups -OCH3 is 1. The highest BCUT2D eigenvalue weighted by Crippen LogP contribution is 2.33. The van der Waals surface area contributed by atoms with Gasteiger partial charge in [-0.1, -0.05) is 12.1 Å². The van der Waals surface area contributed by atoms with Crippen molar-refractivity contribution in [2.75, 3.05) is 51.5 Å². The van der Waals surface area contributed by atoms with Crippen molar-refractivity contribution in [2.24, 2.45) is 0 Å². The van der Waals surface area contributed by atoms with Gasteiger partial charge in [0.15, 0.2) is 11.6 Å². The summed E-state index contributed by atoms with van der Waals surface area (Å²) in [7, 11) is 5.18. The summed E-state index contributed by atoms with van der Waals surface area (Å²) < 4.78 is 57.4. The van der Waals surface area contributed by atoms with Crippen molar-refractivity contribution in [3.63, 3.8) is 0 Å². The molecule has 0 spiro atoms. The van der Waals surface area contributed by atoms with E-state index in [1.807, 2.05) is 36.1 Å². The van der Waals surface area contributed by atoms with Crippen LogP contribution in [0.3, 0.4) is 0 Å². The Kier molecular flexibility index (Phi) is 11.5. The second kappa shape index (κ2) is 15.7. The zero-order chi connectivity index (χ0) is 34.0. The highest BCUT2D eigenvalue weighted by Gasteiger charge is 2.32. The van der Waals surface area contributed by atoms with Crippen LogP contribution in [0.25, 0.3) is 11.4 Å². The second-order valence-corrected chi connectivity index (χ2v) is 10.3. The van der Waals surface area contributed by atoms with E-state index in [0.29, 0.717) is 24.5 Å². The maximum Gasteiger partial charge on any atom is 0.416 e. The first-order chi connectivity index (χ1) is 22.4. The van der Waals surface area contributed by atoms with Crippen molar-refractivity contribution >= 4 is 23.3 Å². The Balaban J connectivity index is 1.42. The number of anilines is 2. The molecule has 0 aliphatic rings. The molecular weight excluding hydrogens is 619 g/mol. The van der Waals surface area contributed by atoms with Gasteiger partial charge in [0.2, 0.25) is 0 Å². The first-order valence-electron chi connectivity index (χ1n) is 14.4. The molecule has 0 aliphatic heterocycles. The lowest BCUT2D eigenvalue weighted by Gasteiger charge is -2.14. The van der Waals surface area contributed by atoms with Crippen LogP contribution >= 0.6 is 0 Å². The molecule has 4 rings (SSSR count). The van der Waals surface area contributed by atoms with Crippen molar-refractivity contribution in [1.82, 2.24) is 25.2 Å². The smallest absolute Gasteiger partial charge is 0.416 e. The maximum absolute atomic E-state index is 13.5. The van der Waals surface area contributed by atoms with Crippen molar-refractivity contribution in [3.8, 4) is 28.8 Å². The van der Waals surface area contributed by atoms with Gasteiger partial charge in [-0.05, 0) is 63.0 Å². The molecule has 0 atom stereocenters. The van der Waals surface area contributed by atoms with Gasteiger partial charge in [-0.3, -0.25) is 4.79 Å². The molecule has 0 radical (unpaired) electrons. The molecule has 0 saturated carbocycles. The fraction of sp³-hybridized carbons (Fsp3) is 0.281. The maximum atomic E-state index is 13.5. The zero-order valence-corrected chi connectivity index (χ0v) is 26.1. The molecule has 2 aromatic carbocycles. The molecule has 0 unspecified atom stereocenters. The predicted molar refractivity (Wildman–Crippen MR) is 169 cm³/mol. The number of rotatable bonds is 13. The highest BCUT2D eigenvalue weighted by molar-refractivity contribution is 6.01. The van der Waals surface area contributed by atoms with E-state index in [2.05, 4.69) is 30.9 Å². The Bertz CT molecular complexity index is 1670. The summed E-state index contributed by atoms with van der Waals surface area (Å²) in [5.41, 5.74) is 0.0243. The fourth-order valence-electron chi connectivity index (χ4n) is 4.12. The number of nitrogens with one attached hydrogen (secondary N) is 3. The van der Waals surface area contributed by atoms with Gasteiger partial charge in [0.05, 0.1) is 37.4 Å². The third kappa shape index (κ3) is 10.0. The number of carbonyl (C=O) groups is 2. The van der Waals surface area contributed by atoms with Gasteiger partial charge < -0.3 is 35.1 Å². The Morgan fingerprint density at radius 1 is 0.894 bits per heavy atom. The van der Waals surface area contributed by atoms with Gasteiger partial charge in [0.1, 0.15) is 12.4 Å². The second-order valence-electron chi connectivity index (χ2n) is 10.3. The fourth-order valence-corrected chi connectivity index (χ4v) is 4.12. The summed E-state index contributed by atoms with van der Waals surface area (Å²) in [6, 6.07) is 10.9. The number of carbonyl (C=O) groups excluding carboxylic acids is 2. The number of benzene rings is 2. The lowest BCUT2D eigenvalue weighted by Crippen LogP contribution is -2.31. The number of aromatic nitrogens is 3. The minimum Gasteiger partial charge on any atom is -0.497 e. The third-order valence-corrected chi connectivity index (χ3v) is 6.45. The number of hydrogen-bond acceptors (Lipinski definition) is 9. The number of alkyl halides is 3. The normalized spacial score (nSPS) is 11.1. The number of ether oxygens (including phenoxy) is 3. The molecule has 2 aromatic heterocycles. The van der Waals surface area contributed by atoms with Crippen LogP contribution in [0.5, 0.6) is 17.4 Å². The number of hydrogen-bond donors (Lipinski definition) is 3. The molecule has 0 saturated heterocycles. The number of amides is 3. The van der Waals surface area contributed by atoms with Crippen LogP contribution in [-0.2, 0) is 12.8 Å². The lowest BCUT2D eigenvalue weighted by atomic mass is 10.1. The first kappa shape index (κ1) is 34.4. The summed E-state index contributed by atoms with van der Waals surface area (Å²) in [5, 5.41) is 7.37. The number of nitrogens with zero attached hydrogens (tertiary/aromatic N) is 4. The molecule has 4 aromatic rings. The van der Waals surface area contributed by atoms with E-state index in [1.54, 1.807) is 27.3 Å². The minimum atomic E-state index is -4.74. The molecule has 12 nitrogen and oxygen atoms in total. The largest absolute Gasteiger partial charge is 0.497 e. The van der Waals surface area contributed by atoms with E-state index in [4.69, 9.17) is 14.2 Å². The molecule has 248 valence electrons. The van der Waals surface area contributed by atoms with Crippen LogP contribution in [-0.4, -0.2) is 72.7 Å². The molecule has 3 N–H and O–H groups in total. The van der Waals surface area contributed by atoms with E-state index >= 15 is 0 Å². The van der Waals surface area contributed by atoms with Crippen LogP contribution in [0, 0.1) is 0 Å². The number of halogens is 3. The lowest BCUT2D eigenvalue weighted by molar-refractivity contribution is -0.137. The molecule has 0 bridgehead atoms. The minimum absolute atomic E-state index is 0.164. The van der Waals surface area contributed by atoms with E-state index in [1.165, 1.54) is 18.6 Å². The van der Waals surface area contributed by atoms with Gasteiger partial charge in [-0.2, -0.15) is 13.2 Å². The van der Waals surface area contributed by atoms with Crippen LogP contribution in [0.2, 0.25) is 0 Å². The Hall–Kier alpha value is -5.44. The number of pyridine rings is 1. The average Bonchev–Trinajstić information content (AvgIpc) is 3.04. The van der Waals surface area contributed by atoms with Crippen molar-refractivity contribution in [2.45, 2.75) is 19.7 Å². The van der Waals surface area contributed by atoms with Crippen molar-refractivity contribution < 1.29 is 37.0 Å². The summed E-state index contributed by atoms with van der Waals surface area (Å²) in [6.45, 7) is 3.16. The van der Waals surface area contributed by atoms with Crippen LogP contribution < -0.4 is 30.2 Å². The quantitative estimate of drug-likeness (QED) is 0.171. The topological polar surface area (TPSA) is 140 Å². The molecule has 47 heavy (non-hydrogen) atoms. The molecule has 0 fully saturated rings. The predicted octanol–water partition coefficient (Wildman–Crippen LogP) is 5.48. The first-order valence-corrected chi connectivity index (χ1v) is 14.4. The van der Waals surface area contributed by atoms with Gasteiger partial charge in [0, 0.05) is 36.1 Å². The number of likely N-dealkylation sites (N-methyl/N-ethyl adjacent to an activating group) is 1. The van der Waals surface area contributed by atoms with Crippen molar-refractivity contribution in [3.05, 3.63) is 83.8 Å². The Labute approximate surface area is 269 Å². The summed E-state index contributed by atoms with van der Waals surface area (Å²) in [6.07, 6.45) is -0.574. The molecule has 3 amide bonds. The van der Waals surface area contributed by atoms with E-state index in [0.717, 1.165) is 29.5 Å². The SMILES string of the molecule is CCOc1cc(-c2ncc(NC(=O)Nc3cc(C(=O)NCCN(C)C)cc(C(F)(F)F)c3)cn2)cnc1OCc1ccc(OC)cc1. The monoisotopic (exact) mass is 653 g/mol. The number of urea groups is 1. The van der Waals surface area contributed by atoms with Crippen LogP contribution in [0.1, 0.15) is 28.4 Å². The Morgan fingerprint density at radius 3 is 2.23 bits per heavy atom. The van der Waals surface area contributed by atoms with Gasteiger partial charge in [0.25, 0.3) is 11.8 Å². The third-order valence-electron chi connectivity index (χ3n) is 6.45. The summed E-state index contributed by atoms with van der Waals surface area (Å²) in [5.74, 6) is 0.966. The highest BCUT2D eigenvalue weighted by atomic mass is 19.4. The molecule has 0 aliphatic carbocycles. The summed E-state index contributed by atoms with van der Waals surface area (Å²) >= 11 is 0. The summed E-state index contributed by atoms with van der Waals surface area (Å²) in [4.78, 5) is 39.9. The van der Waals surface area contributed by atoms with Gasteiger partial charge in [-0.25, -0.2) is 19.7 Å². The Morgan fingerprint density at radius 2 is 1.60 bits per heavy atom. The van der Waals surface area contributed by atoms with Crippen molar-refractivity contribution in [1.29, 1.82) is 0 Å². The van der Waals surface area contributed by atoms with Crippen LogP contribution in [0.4, 0.5) is 29.3 Å². The molecular formula is C32H34F3N7O5. The molecule has 15 heteroatoms. The zero-order valence-electron chi connectivity index (χ0n) is 26.1. The van der Waals surface area contributed by atoms with Gasteiger partial charge >= 0.3 is 12.2 Å².